The molecule has 182 valence electrons. The minimum absolute atomic E-state index is 0.0209. The van der Waals surface area contributed by atoms with Gasteiger partial charge in [-0.15, -0.1) is 0 Å². The lowest BCUT2D eigenvalue weighted by atomic mass is 10.0. The highest BCUT2D eigenvalue weighted by Gasteiger charge is 2.24. The average molecular weight is 474 g/mol. The summed E-state index contributed by atoms with van der Waals surface area (Å²) in [7, 11) is 1.81. The Morgan fingerprint density at radius 2 is 1.97 bits per heavy atom. The second kappa shape index (κ2) is 9.43. The molecule has 6 rings (SSSR count). The molecular formula is C27H31N5O3. The number of pyridine rings is 2. The van der Waals surface area contributed by atoms with Crippen molar-refractivity contribution in [3.8, 4) is 17.0 Å². The molecule has 5 heterocycles. The van der Waals surface area contributed by atoms with E-state index in [9.17, 15) is 4.79 Å². The zero-order chi connectivity index (χ0) is 23.8. The van der Waals surface area contributed by atoms with Crippen molar-refractivity contribution in [2.75, 3.05) is 39.5 Å². The first kappa shape index (κ1) is 22.2. The lowest BCUT2D eigenvalue weighted by Gasteiger charge is -2.30. The second-order valence-corrected chi connectivity index (χ2v) is 9.59. The number of nitrogens with zero attached hydrogens (tertiary/aromatic N) is 5. The van der Waals surface area contributed by atoms with Gasteiger partial charge in [0.15, 0.2) is 0 Å². The first-order valence-electron chi connectivity index (χ1n) is 12.6. The van der Waals surface area contributed by atoms with Gasteiger partial charge in [0, 0.05) is 43.4 Å². The molecule has 0 saturated carbocycles. The molecular weight excluding hydrogens is 442 g/mol. The Kier molecular flexibility index (Phi) is 6.00. The maximum absolute atomic E-state index is 13.2. The molecule has 0 N–H and O–H groups in total. The monoisotopic (exact) mass is 473 g/mol. The van der Waals surface area contributed by atoms with Crippen LogP contribution >= 0.6 is 0 Å². The Bertz CT molecular complexity index is 1400. The van der Waals surface area contributed by atoms with Crippen molar-refractivity contribution in [2.24, 2.45) is 7.05 Å². The number of benzene rings is 1. The van der Waals surface area contributed by atoms with E-state index in [-0.39, 0.29) is 11.7 Å². The van der Waals surface area contributed by atoms with Crippen LogP contribution in [0.1, 0.15) is 31.7 Å². The van der Waals surface area contributed by atoms with Gasteiger partial charge < -0.3 is 14.4 Å². The van der Waals surface area contributed by atoms with Gasteiger partial charge in [-0.1, -0.05) is 6.07 Å². The molecule has 2 aliphatic heterocycles. The molecule has 4 aromatic rings. The van der Waals surface area contributed by atoms with Gasteiger partial charge >= 0.3 is 5.69 Å². The standard InChI is InChI=1S/C27H31N5O3/c1-30-24-17-28-23-8-6-19(15-22(23)26(24)32(27(30)33)21-5-2-13-34-18-21)20-7-9-25(29-16-20)35-14-4-12-31-10-3-11-31/h6-9,15-17,21H,2-5,10-14,18H2,1H3. The summed E-state index contributed by atoms with van der Waals surface area (Å²) in [6.07, 6.45) is 7.88. The van der Waals surface area contributed by atoms with Crippen LogP contribution < -0.4 is 10.4 Å². The van der Waals surface area contributed by atoms with Crippen molar-refractivity contribution in [1.29, 1.82) is 0 Å². The molecule has 2 aliphatic rings. The fourth-order valence-corrected chi connectivity index (χ4v) is 5.18. The molecule has 1 atom stereocenters. The molecule has 8 heteroatoms. The van der Waals surface area contributed by atoms with Crippen LogP contribution in [0.15, 0.2) is 47.5 Å². The van der Waals surface area contributed by atoms with Crippen molar-refractivity contribution in [2.45, 2.75) is 31.7 Å². The Morgan fingerprint density at radius 1 is 1.09 bits per heavy atom. The van der Waals surface area contributed by atoms with Gasteiger partial charge in [0.05, 0.1) is 42.0 Å². The van der Waals surface area contributed by atoms with Crippen molar-refractivity contribution in [3.05, 3.63) is 53.2 Å². The number of likely N-dealkylation sites (tertiary alicyclic amines) is 1. The third-order valence-electron chi connectivity index (χ3n) is 7.30. The van der Waals surface area contributed by atoms with E-state index in [0.717, 1.165) is 65.5 Å². The summed E-state index contributed by atoms with van der Waals surface area (Å²) < 4.78 is 15.2. The van der Waals surface area contributed by atoms with E-state index in [0.29, 0.717) is 19.1 Å². The first-order chi connectivity index (χ1) is 17.2. The molecule has 1 aromatic carbocycles. The molecule has 2 saturated heterocycles. The Labute approximate surface area is 204 Å². The number of aromatic nitrogens is 4. The summed E-state index contributed by atoms with van der Waals surface area (Å²) in [5.74, 6) is 0.649. The maximum atomic E-state index is 13.2. The van der Waals surface area contributed by atoms with Gasteiger partial charge in [-0.2, -0.15) is 0 Å². The smallest absolute Gasteiger partial charge is 0.329 e. The summed E-state index contributed by atoms with van der Waals surface area (Å²) >= 11 is 0. The Morgan fingerprint density at radius 3 is 2.71 bits per heavy atom. The third kappa shape index (κ3) is 4.21. The van der Waals surface area contributed by atoms with E-state index < -0.39 is 0 Å². The summed E-state index contributed by atoms with van der Waals surface area (Å²) in [4.78, 5) is 24.8. The predicted octanol–water partition coefficient (Wildman–Crippen LogP) is 3.78. The van der Waals surface area contributed by atoms with Crippen LogP contribution in [-0.2, 0) is 11.8 Å². The molecule has 3 aromatic heterocycles. The van der Waals surface area contributed by atoms with Crippen LogP contribution in [0.2, 0.25) is 0 Å². The molecule has 0 amide bonds. The molecule has 0 aliphatic carbocycles. The fraction of sp³-hybridized carbons (Fsp3) is 0.444. The number of ether oxygens (including phenoxy) is 2. The maximum Gasteiger partial charge on any atom is 0.329 e. The topological polar surface area (TPSA) is 74.4 Å². The van der Waals surface area contributed by atoms with Gasteiger partial charge in [0.2, 0.25) is 5.88 Å². The molecule has 1 unspecified atom stereocenters. The molecule has 35 heavy (non-hydrogen) atoms. The van der Waals surface area contributed by atoms with Crippen molar-refractivity contribution >= 4 is 21.9 Å². The Balaban J connectivity index is 1.30. The molecule has 0 bridgehead atoms. The highest BCUT2D eigenvalue weighted by Crippen LogP contribution is 2.31. The molecule has 8 nitrogen and oxygen atoms in total. The van der Waals surface area contributed by atoms with E-state index >= 15 is 0 Å². The largest absolute Gasteiger partial charge is 0.478 e. The van der Waals surface area contributed by atoms with Crippen molar-refractivity contribution in [1.82, 2.24) is 24.0 Å². The number of hydrogen-bond acceptors (Lipinski definition) is 6. The number of rotatable bonds is 7. The lowest BCUT2D eigenvalue weighted by molar-refractivity contribution is 0.0593. The number of hydrogen-bond donors (Lipinski definition) is 0. The van der Waals surface area contributed by atoms with E-state index in [4.69, 9.17) is 9.47 Å². The number of aryl methyl sites for hydroxylation is 1. The van der Waals surface area contributed by atoms with Crippen LogP contribution in [0.4, 0.5) is 0 Å². The van der Waals surface area contributed by atoms with Crippen LogP contribution in [-0.4, -0.2) is 63.5 Å². The van der Waals surface area contributed by atoms with Gasteiger partial charge in [-0.25, -0.2) is 9.78 Å². The van der Waals surface area contributed by atoms with Gasteiger partial charge in [-0.3, -0.25) is 14.1 Å². The predicted molar refractivity (Wildman–Crippen MR) is 136 cm³/mol. The number of imidazole rings is 1. The lowest BCUT2D eigenvalue weighted by Crippen LogP contribution is -2.38. The average Bonchev–Trinajstić information content (AvgIpc) is 3.13. The molecule has 0 radical (unpaired) electrons. The zero-order valence-electron chi connectivity index (χ0n) is 20.2. The minimum atomic E-state index is -0.0209. The summed E-state index contributed by atoms with van der Waals surface area (Å²) in [5, 5.41) is 0.967. The van der Waals surface area contributed by atoms with Crippen LogP contribution in [0.25, 0.3) is 33.1 Å². The van der Waals surface area contributed by atoms with Gasteiger partial charge in [-0.05, 0) is 62.5 Å². The highest BCUT2D eigenvalue weighted by atomic mass is 16.5. The van der Waals surface area contributed by atoms with E-state index in [1.165, 1.54) is 19.5 Å². The summed E-state index contributed by atoms with van der Waals surface area (Å²) in [5.41, 5.74) is 4.65. The van der Waals surface area contributed by atoms with Crippen LogP contribution in [0.3, 0.4) is 0 Å². The fourth-order valence-electron chi connectivity index (χ4n) is 5.18. The summed E-state index contributed by atoms with van der Waals surface area (Å²) in [6, 6.07) is 10.2. The third-order valence-corrected chi connectivity index (χ3v) is 7.30. The highest BCUT2D eigenvalue weighted by molar-refractivity contribution is 6.04. The molecule has 2 fully saturated rings. The summed E-state index contributed by atoms with van der Waals surface area (Å²) in [6.45, 7) is 5.52. The zero-order valence-corrected chi connectivity index (χ0v) is 20.2. The number of fused-ring (bicyclic) bond motifs is 3. The minimum Gasteiger partial charge on any atom is -0.478 e. The van der Waals surface area contributed by atoms with E-state index in [2.05, 4.69) is 27.0 Å². The van der Waals surface area contributed by atoms with Crippen LogP contribution in [0.5, 0.6) is 5.88 Å². The Hall–Kier alpha value is -3.23. The van der Waals surface area contributed by atoms with Crippen molar-refractivity contribution in [3.63, 3.8) is 0 Å². The quantitative estimate of drug-likeness (QED) is 0.381. The van der Waals surface area contributed by atoms with E-state index in [1.54, 1.807) is 10.8 Å². The SMILES string of the molecule is Cn1c(=O)n(C2CCCOC2)c2c3cc(-c4ccc(OCCCN5CCC5)nc4)ccc3ncc21. The van der Waals surface area contributed by atoms with E-state index in [1.807, 2.05) is 36.0 Å². The van der Waals surface area contributed by atoms with Gasteiger partial charge in [0.1, 0.15) is 0 Å². The van der Waals surface area contributed by atoms with Crippen LogP contribution in [0, 0.1) is 0 Å². The molecule has 0 spiro atoms. The van der Waals surface area contributed by atoms with Crippen molar-refractivity contribution < 1.29 is 9.47 Å². The normalized spacial score (nSPS) is 18.7. The first-order valence-corrected chi connectivity index (χ1v) is 12.6. The second-order valence-electron chi connectivity index (χ2n) is 9.59. The van der Waals surface area contributed by atoms with Gasteiger partial charge in [0.25, 0.3) is 0 Å².